The van der Waals surface area contributed by atoms with Crippen LogP contribution in [0.2, 0.25) is 0 Å². The molecule has 0 aromatic carbocycles. The van der Waals surface area contributed by atoms with Gasteiger partial charge in [-0.1, -0.05) is 5.16 Å². The van der Waals surface area contributed by atoms with Gasteiger partial charge in [0.15, 0.2) is 5.84 Å². The van der Waals surface area contributed by atoms with Crippen molar-refractivity contribution < 1.29 is 9.94 Å². The van der Waals surface area contributed by atoms with Crippen LogP contribution in [0.5, 0.6) is 0 Å². The molecule has 1 fully saturated rings. The van der Waals surface area contributed by atoms with E-state index in [1.807, 2.05) is 0 Å². The molecule has 0 amide bonds. The van der Waals surface area contributed by atoms with E-state index < -0.39 is 0 Å². The second kappa shape index (κ2) is 5.82. The first-order valence-electron chi connectivity index (χ1n) is 5.01. The summed E-state index contributed by atoms with van der Waals surface area (Å²) in [7, 11) is 0. The number of ether oxygens (including phenoxy) is 1. The fraction of sp³-hybridized carbons (Fsp3) is 0.889. The predicted octanol–water partition coefficient (Wildman–Crippen LogP) is 0.138. The minimum absolute atomic E-state index is 0.226. The first-order chi connectivity index (χ1) is 6.74. The Kier molecular flexibility index (Phi) is 4.69. The molecule has 1 aliphatic heterocycles. The number of hydrogen-bond donors (Lipinski definition) is 3. The van der Waals surface area contributed by atoms with Crippen LogP contribution in [0.15, 0.2) is 5.16 Å². The van der Waals surface area contributed by atoms with E-state index >= 15 is 0 Å². The maximum Gasteiger partial charge on any atom is 0.153 e. The summed E-state index contributed by atoms with van der Waals surface area (Å²) in [4.78, 5) is 0. The van der Waals surface area contributed by atoms with Crippen molar-refractivity contribution in [1.82, 2.24) is 5.32 Å². The van der Waals surface area contributed by atoms with E-state index in [-0.39, 0.29) is 5.84 Å². The van der Waals surface area contributed by atoms with Gasteiger partial charge in [0.05, 0.1) is 6.54 Å². The molecule has 0 aliphatic carbocycles. The molecule has 0 bridgehead atoms. The Morgan fingerprint density at radius 1 is 1.64 bits per heavy atom. The van der Waals surface area contributed by atoms with Gasteiger partial charge in [0.1, 0.15) is 0 Å². The third-order valence-electron chi connectivity index (χ3n) is 2.71. The van der Waals surface area contributed by atoms with Gasteiger partial charge in [-0.05, 0) is 25.7 Å². The molecule has 1 atom stereocenters. The van der Waals surface area contributed by atoms with Crippen molar-refractivity contribution >= 4 is 5.84 Å². The van der Waals surface area contributed by atoms with E-state index in [9.17, 15) is 0 Å². The van der Waals surface area contributed by atoms with E-state index in [4.69, 9.17) is 15.7 Å². The molecule has 5 heteroatoms. The van der Waals surface area contributed by atoms with Crippen LogP contribution in [-0.4, -0.2) is 36.8 Å². The van der Waals surface area contributed by atoms with E-state index in [1.165, 1.54) is 0 Å². The van der Waals surface area contributed by atoms with Crippen LogP contribution in [-0.2, 0) is 4.74 Å². The summed E-state index contributed by atoms with van der Waals surface area (Å²) < 4.78 is 5.28. The summed E-state index contributed by atoms with van der Waals surface area (Å²) in [6, 6.07) is 0.388. The molecule has 0 spiro atoms. The van der Waals surface area contributed by atoms with Gasteiger partial charge in [-0.3, -0.25) is 0 Å². The third-order valence-corrected chi connectivity index (χ3v) is 2.71. The van der Waals surface area contributed by atoms with Crippen LogP contribution in [0, 0.1) is 5.92 Å². The lowest BCUT2D eigenvalue weighted by Crippen LogP contribution is -2.41. The minimum atomic E-state index is 0.226. The summed E-state index contributed by atoms with van der Waals surface area (Å²) in [6.45, 7) is 4.26. The highest BCUT2D eigenvalue weighted by Gasteiger charge is 2.19. The standard InChI is InChI=1S/C9H19N3O2/c1-7(11-6-9(10)12-13)8-2-4-14-5-3-8/h7-8,11,13H,2-6H2,1H3,(H2,10,12). The summed E-state index contributed by atoms with van der Waals surface area (Å²) in [6.07, 6.45) is 2.18. The zero-order valence-corrected chi connectivity index (χ0v) is 8.57. The highest BCUT2D eigenvalue weighted by atomic mass is 16.5. The van der Waals surface area contributed by atoms with E-state index in [1.54, 1.807) is 0 Å². The zero-order valence-electron chi connectivity index (χ0n) is 8.57. The van der Waals surface area contributed by atoms with Gasteiger partial charge in [0.2, 0.25) is 0 Å². The summed E-state index contributed by atoms with van der Waals surface area (Å²) >= 11 is 0. The molecular weight excluding hydrogens is 182 g/mol. The highest BCUT2D eigenvalue weighted by molar-refractivity contribution is 5.81. The Hall–Kier alpha value is -0.810. The third kappa shape index (κ3) is 3.51. The summed E-state index contributed by atoms with van der Waals surface area (Å²) in [5, 5.41) is 14.5. The topological polar surface area (TPSA) is 79.9 Å². The van der Waals surface area contributed by atoms with Gasteiger partial charge < -0.3 is 21.0 Å². The van der Waals surface area contributed by atoms with Crippen LogP contribution in [0.25, 0.3) is 0 Å². The number of nitrogens with two attached hydrogens (primary N) is 1. The lowest BCUT2D eigenvalue weighted by atomic mass is 9.93. The van der Waals surface area contributed by atoms with Crippen LogP contribution in [0.1, 0.15) is 19.8 Å². The molecule has 82 valence electrons. The van der Waals surface area contributed by atoms with Crippen molar-refractivity contribution in [2.24, 2.45) is 16.8 Å². The van der Waals surface area contributed by atoms with E-state index in [2.05, 4.69) is 17.4 Å². The quantitative estimate of drug-likeness (QED) is 0.261. The number of rotatable bonds is 4. The molecule has 1 aliphatic rings. The molecule has 0 aromatic rings. The van der Waals surface area contributed by atoms with Crippen LogP contribution in [0.4, 0.5) is 0 Å². The van der Waals surface area contributed by atoms with Crippen LogP contribution < -0.4 is 11.1 Å². The average molecular weight is 201 g/mol. The van der Waals surface area contributed by atoms with Gasteiger partial charge in [-0.15, -0.1) is 0 Å². The number of hydrogen-bond acceptors (Lipinski definition) is 4. The zero-order chi connectivity index (χ0) is 10.4. The molecule has 1 heterocycles. The molecule has 0 radical (unpaired) electrons. The van der Waals surface area contributed by atoms with Crippen molar-refractivity contribution in [2.75, 3.05) is 19.8 Å². The molecule has 4 N–H and O–H groups in total. The van der Waals surface area contributed by atoms with Crippen molar-refractivity contribution in [1.29, 1.82) is 0 Å². The SMILES string of the molecule is CC(NCC(N)=NO)C1CCOCC1. The smallest absolute Gasteiger partial charge is 0.153 e. The maximum atomic E-state index is 8.36. The average Bonchev–Trinajstić information content (AvgIpc) is 2.26. The number of oxime groups is 1. The monoisotopic (exact) mass is 201 g/mol. The molecule has 1 saturated heterocycles. The van der Waals surface area contributed by atoms with E-state index in [0.717, 1.165) is 26.1 Å². The van der Waals surface area contributed by atoms with E-state index in [0.29, 0.717) is 18.5 Å². The molecule has 0 aromatic heterocycles. The molecule has 14 heavy (non-hydrogen) atoms. The van der Waals surface area contributed by atoms with Crippen LogP contribution in [0.3, 0.4) is 0 Å². The maximum absolute atomic E-state index is 8.36. The summed E-state index contributed by atoms with van der Waals surface area (Å²) in [5.74, 6) is 0.860. The Labute approximate surface area is 84.3 Å². The lowest BCUT2D eigenvalue weighted by molar-refractivity contribution is 0.0565. The highest BCUT2D eigenvalue weighted by Crippen LogP contribution is 2.18. The molecule has 1 rings (SSSR count). The van der Waals surface area contributed by atoms with Gasteiger partial charge in [0.25, 0.3) is 0 Å². The molecule has 5 nitrogen and oxygen atoms in total. The normalized spacial score (nSPS) is 22.2. The van der Waals surface area contributed by atoms with Gasteiger partial charge in [0, 0.05) is 19.3 Å². The molecular formula is C9H19N3O2. The summed E-state index contributed by atoms with van der Waals surface area (Å²) in [5.41, 5.74) is 5.36. The number of nitrogens with one attached hydrogen (secondary N) is 1. The van der Waals surface area contributed by atoms with Gasteiger partial charge in [-0.25, -0.2) is 0 Å². The molecule has 1 unspecified atom stereocenters. The van der Waals surface area contributed by atoms with Crippen LogP contribution >= 0.6 is 0 Å². The second-order valence-electron chi connectivity index (χ2n) is 3.71. The molecule has 0 saturated carbocycles. The van der Waals surface area contributed by atoms with Crippen molar-refractivity contribution in [3.8, 4) is 0 Å². The predicted molar refractivity (Wildman–Crippen MR) is 54.4 cm³/mol. The largest absolute Gasteiger partial charge is 0.409 e. The van der Waals surface area contributed by atoms with Crippen molar-refractivity contribution in [3.63, 3.8) is 0 Å². The van der Waals surface area contributed by atoms with Gasteiger partial charge >= 0.3 is 0 Å². The minimum Gasteiger partial charge on any atom is -0.409 e. The van der Waals surface area contributed by atoms with Crippen molar-refractivity contribution in [3.05, 3.63) is 0 Å². The Balaban J connectivity index is 2.22. The Morgan fingerprint density at radius 2 is 2.29 bits per heavy atom. The Bertz CT molecular complexity index is 190. The second-order valence-corrected chi connectivity index (χ2v) is 3.71. The van der Waals surface area contributed by atoms with Gasteiger partial charge in [-0.2, -0.15) is 0 Å². The first-order valence-corrected chi connectivity index (χ1v) is 5.01. The van der Waals surface area contributed by atoms with Crippen molar-refractivity contribution in [2.45, 2.75) is 25.8 Å². The lowest BCUT2D eigenvalue weighted by Gasteiger charge is -2.28. The first kappa shape index (κ1) is 11.3. The number of amidine groups is 1. The number of nitrogens with zero attached hydrogens (tertiary/aromatic N) is 1. The fourth-order valence-corrected chi connectivity index (χ4v) is 1.68. The Morgan fingerprint density at radius 3 is 2.86 bits per heavy atom. The fourth-order valence-electron chi connectivity index (χ4n) is 1.68.